The van der Waals surface area contributed by atoms with E-state index in [1.54, 1.807) is 6.07 Å². The summed E-state index contributed by atoms with van der Waals surface area (Å²) in [7, 11) is 4.54. The van der Waals surface area contributed by atoms with Crippen molar-refractivity contribution < 1.29 is 14.2 Å². The number of benzene rings is 1. The van der Waals surface area contributed by atoms with E-state index in [1.165, 1.54) is 21.3 Å². The van der Waals surface area contributed by atoms with Crippen molar-refractivity contribution in [2.24, 2.45) is 0 Å². The van der Waals surface area contributed by atoms with Gasteiger partial charge in [-0.25, -0.2) is 4.98 Å². The molecule has 0 saturated heterocycles. The number of hydrogen-bond acceptors (Lipinski definition) is 6. The van der Waals surface area contributed by atoms with Crippen molar-refractivity contribution in [3.05, 3.63) is 16.4 Å². The van der Waals surface area contributed by atoms with E-state index in [-0.39, 0.29) is 5.56 Å². The monoisotopic (exact) mass is 307 g/mol. The summed E-state index contributed by atoms with van der Waals surface area (Å²) in [6.45, 7) is 5.47. The SMILES string of the molecule is CCN(CC)c1nc2c(OC)c(OC)c(OC)cc2c(=O)[nH]1. The van der Waals surface area contributed by atoms with Crippen LogP contribution < -0.4 is 24.7 Å². The highest BCUT2D eigenvalue weighted by atomic mass is 16.5. The number of H-pyrrole nitrogens is 1. The molecule has 7 heteroatoms. The first-order chi connectivity index (χ1) is 10.6. The van der Waals surface area contributed by atoms with Crippen LogP contribution in [0.5, 0.6) is 17.2 Å². The molecule has 0 amide bonds. The van der Waals surface area contributed by atoms with E-state index in [1.807, 2.05) is 18.7 Å². The van der Waals surface area contributed by atoms with Gasteiger partial charge in [0, 0.05) is 13.1 Å². The van der Waals surface area contributed by atoms with E-state index in [9.17, 15) is 4.79 Å². The number of rotatable bonds is 6. The molecule has 0 unspecified atom stereocenters. The molecule has 0 bridgehead atoms. The minimum atomic E-state index is -0.244. The van der Waals surface area contributed by atoms with E-state index in [0.717, 1.165) is 13.1 Å². The second kappa shape index (κ2) is 6.55. The molecule has 0 aliphatic rings. The summed E-state index contributed by atoms with van der Waals surface area (Å²) in [5.74, 6) is 1.74. The van der Waals surface area contributed by atoms with Crippen LogP contribution in [-0.2, 0) is 0 Å². The number of aromatic amines is 1. The Kier molecular flexibility index (Phi) is 4.75. The Hall–Kier alpha value is -2.44. The van der Waals surface area contributed by atoms with Crippen LogP contribution in [0.25, 0.3) is 10.9 Å². The van der Waals surface area contributed by atoms with E-state index in [2.05, 4.69) is 9.97 Å². The fourth-order valence-electron chi connectivity index (χ4n) is 2.40. The fourth-order valence-corrected chi connectivity index (χ4v) is 2.40. The number of hydrogen-bond donors (Lipinski definition) is 1. The summed E-state index contributed by atoms with van der Waals surface area (Å²) in [6, 6.07) is 1.61. The van der Waals surface area contributed by atoms with Gasteiger partial charge < -0.3 is 19.1 Å². The van der Waals surface area contributed by atoms with Gasteiger partial charge in [0.05, 0.1) is 26.7 Å². The highest BCUT2D eigenvalue weighted by Crippen LogP contribution is 2.41. The van der Waals surface area contributed by atoms with Crippen LogP contribution in [0, 0.1) is 0 Å². The Labute approximate surface area is 128 Å². The first-order valence-electron chi connectivity index (χ1n) is 7.09. The smallest absolute Gasteiger partial charge is 0.260 e. The maximum absolute atomic E-state index is 12.4. The van der Waals surface area contributed by atoms with E-state index < -0.39 is 0 Å². The Bertz CT molecular complexity index is 723. The maximum atomic E-state index is 12.4. The molecule has 120 valence electrons. The third-order valence-corrected chi connectivity index (χ3v) is 3.55. The Morgan fingerprint density at radius 3 is 2.23 bits per heavy atom. The fraction of sp³-hybridized carbons (Fsp3) is 0.467. The van der Waals surface area contributed by atoms with Crippen molar-refractivity contribution >= 4 is 16.9 Å². The molecule has 0 aliphatic heterocycles. The van der Waals surface area contributed by atoms with Gasteiger partial charge in [0.2, 0.25) is 11.7 Å². The van der Waals surface area contributed by atoms with Crippen molar-refractivity contribution in [1.82, 2.24) is 9.97 Å². The minimum Gasteiger partial charge on any atom is -0.493 e. The van der Waals surface area contributed by atoms with E-state index >= 15 is 0 Å². The number of anilines is 1. The molecule has 1 aromatic carbocycles. The molecule has 0 spiro atoms. The van der Waals surface area contributed by atoms with Gasteiger partial charge in [0.1, 0.15) is 5.52 Å². The standard InChI is InChI=1S/C15H21N3O4/c1-6-18(7-2)15-16-11-9(14(19)17-15)8-10(20-3)12(21-4)13(11)22-5/h8H,6-7H2,1-5H3,(H,16,17,19). The van der Waals surface area contributed by atoms with E-state index in [0.29, 0.717) is 34.1 Å². The largest absolute Gasteiger partial charge is 0.493 e. The van der Waals surface area contributed by atoms with Gasteiger partial charge in [0.25, 0.3) is 5.56 Å². The lowest BCUT2D eigenvalue weighted by atomic mass is 10.2. The second-order valence-electron chi connectivity index (χ2n) is 4.60. The number of nitrogens with one attached hydrogen (secondary N) is 1. The number of nitrogens with zero attached hydrogens (tertiary/aromatic N) is 2. The summed E-state index contributed by atoms with van der Waals surface area (Å²) in [5, 5.41) is 0.394. The van der Waals surface area contributed by atoms with Crippen LogP contribution in [0.15, 0.2) is 10.9 Å². The molecular formula is C15H21N3O4. The van der Waals surface area contributed by atoms with Crippen LogP contribution in [0.1, 0.15) is 13.8 Å². The first kappa shape index (κ1) is 15.9. The Morgan fingerprint density at radius 1 is 1.09 bits per heavy atom. The Balaban J connectivity index is 2.84. The molecule has 0 aliphatic carbocycles. The normalized spacial score (nSPS) is 10.6. The Morgan fingerprint density at radius 2 is 1.73 bits per heavy atom. The zero-order chi connectivity index (χ0) is 16.3. The number of fused-ring (bicyclic) bond motifs is 1. The number of aromatic nitrogens is 2. The van der Waals surface area contributed by atoms with Crippen LogP contribution in [-0.4, -0.2) is 44.4 Å². The first-order valence-corrected chi connectivity index (χ1v) is 7.09. The molecule has 1 aromatic heterocycles. The number of methoxy groups -OCH3 is 3. The molecular weight excluding hydrogens is 286 g/mol. The minimum absolute atomic E-state index is 0.244. The summed E-state index contributed by atoms with van der Waals surface area (Å²) < 4.78 is 16.0. The van der Waals surface area contributed by atoms with Crippen molar-refractivity contribution in [2.45, 2.75) is 13.8 Å². The second-order valence-corrected chi connectivity index (χ2v) is 4.60. The lowest BCUT2D eigenvalue weighted by molar-refractivity contribution is 0.327. The van der Waals surface area contributed by atoms with Gasteiger partial charge in [0.15, 0.2) is 11.5 Å². The molecule has 0 radical (unpaired) electrons. The maximum Gasteiger partial charge on any atom is 0.260 e. The van der Waals surface area contributed by atoms with Gasteiger partial charge in [-0.2, -0.15) is 0 Å². The molecule has 0 saturated carbocycles. The van der Waals surface area contributed by atoms with Crippen LogP contribution >= 0.6 is 0 Å². The highest BCUT2D eigenvalue weighted by molar-refractivity contribution is 5.90. The van der Waals surface area contributed by atoms with Crippen molar-refractivity contribution in [3.8, 4) is 17.2 Å². The van der Waals surface area contributed by atoms with Crippen molar-refractivity contribution in [3.63, 3.8) is 0 Å². The van der Waals surface area contributed by atoms with Crippen molar-refractivity contribution in [1.29, 1.82) is 0 Å². The average molecular weight is 307 g/mol. The quantitative estimate of drug-likeness (QED) is 0.877. The lowest BCUT2D eigenvalue weighted by Gasteiger charge is -2.20. The molecule has 0 fully saturated rings. The summed E-state index contributed by atoms with van der Waals surface area (Å²) in [5.41, 5.74) is 0.206. The summed E-state index contributed by atoms with van der Waals surface area (Å²) in [6.07, 6.45) is 0. The molecule has 1 N–H and O–H groups in total. The van der Waals surface area contributed by atoms with Gasteiger partial charge in [-0.15, -0.1) is 0 Å². The average Bonchev–Trinajstić information content (AvgIpc) is 2.54. The van der Waals surface area contributed by atoms with Gasteiger partial charge in [-0.1, -0.05) is 0 Å². The molecule has 1 heterocycles. The lowest BCUT2D eigenvalue weighted by Crippen LogP contribution is -2.27. The predicted octanol–water partition coefficient (Wildman–Crippen LogP) is 1.80. The zero-order valence-electron chi connectivity index (χ0n) is 13.5. The summed E-state index contributed by atoms with van der Waals surface area (Å²) >= 11 is 0. The van der Waals surface area contributed by atoms with Gasteiger partial charge in [-0.05, 0) is 19.9 Å². The third-order valence-electron chi connectivity index (χ3n) is 3.55. The van der Waals surface area contributed by atoms with Gasteiger partial charge >= 0.3 is 0 Å². The van der Waals surface area contributed by atoms with E-state index in [4.69, 9.17) is 14.2 Å². The predicted molar refractivity (Wildman–Crippen MR) is 85.6 cm³/mol. The zero-order valence-corrected chi connectivity index (χ0v) is 13.5. The van der Waals surface area contributed by atoms with Crippen LogP contribution in [0.2, 0.25) is 0 Å². The van der Waals surface area contributed by atoms with Crippen LogP contribution in [0.3, 0.4) is 0 Å². The molecule has 2 aromatic rings. The van der Waals surface area contributed by atoms with Crippen LogP contribution in [0.4, 0.5) is 5.95 Å². The molecule has 0 atom stereocenters. The highest BCUT2D eigenvalue weighted by Gasteiger charge is 2.20. The summed E-state index contributed by atoms with van der Waals surface area (Å²) in [4.78, 5) is 21.7. The molecule has 2 rings (SSSR count). The van der Waals surface area contributed by atoms with Gasteiger partial charge in [-0.3, -0.25) is 9.78 Å². The topological polar surface area (TPSA) is 76.7 Å². The molecule has 22 heavy (non-hydrogen) atoms. The molecule has 7 nitrogen and oxygen atoms in total. The van der Waals surface area contributed by atoms with Crippen molar-refractivity contribution in [2.75, 3.05) is 39.3 Å². The number of ether oxygens (including phenoxy) is 3. The third kappa shape index (κ3) is 2.54.